The molecule has 1 nitrogen and oxygen atoms in total. The highest BCUT2D eigenvalue weighted by molar-refractivity contribution is 6.25. The lowest BCUT2D eigenvalue weighted by molar-refractivity contribution is 0.569. The minimum Gasteiger partial charge on any atom is -0.456 e. The molecular formula is C18H21BO. The zero-order valence-electron chi connectivity index (χ0n) is 13.0. The number of furan rings is 1. The van der Waals surface area contributed by atoms with Crippen molar-refractivity contribution in [3.63, 3.8) is 0 Å². The van der Waals surface area contributed by atoms with Crippen LogP contribution in [0.3, 0.4) is 0 Å². The maximum atomic E-state index is 6.14. The van der Waals surface area contributed by atoms with Crippen LogP contribution in [0.2, 0.25) is 0 Å². The van der Waals surface area contributed by atoms with Crippen molar-refractivity contribution in [1.82, 2.24) is 0 Å². The van der Waals surface area contributed by atoms with Crippen LogP contribution in [-0.4, -0.2) is 7.85 Å². The largest absolute Gasteiger partial charge is 0.456 e. The highest BCUT2D eigenvalue weighted by Gasteiger charge is 2.26. The Morgan fingerprint density at radius 1 is 1.25 bits per heavy atom. The molecule has 0 spiro atoms. The number of rotatable bonds is 0. The van der Waals surface area contributed by atoms with Crippen molar-refractivity contribution in [2.75, 3.05) is 0 Å². The molecule has 102 valence electrons. The second kappa shape index (κ2) is 4.28. The zero-order chi connectivity index (χ0) is 14.7. The minimum absolute atomic E-state index is 0.136. The third-order valence-corrected chi connectivity index (χ3v) is 4.44. The molecule has 2 heteroatoms. The molecule has 0 amide bonds. The molecule has 20 heavy (non-hydrogen) atoms. The molecule has 0 aliphatic heterocycles. The Bertz CT molecular complexity index is 713. The van der Waals surface area contributed by atoms with E-state index < -0.39 is 0 Å². The Morgan fingerprint density at radius 3 is 2.60 bits per heavy atom. The Balaban J connectivity index is 2.27. The SMILES string of the molecule is [B]C1=C(C)c2oc3cc(C(C)(C)C)ccc3c2C(C)C1. The first kappa shape index (κ1) is 13.5. The van der Waals surface area contributed by atoms with E-state index >= 15 is 0 Å². The van der Waals surface area contributed by atoms with E-state index in [0.29, 0.717) is 5.92 Å². The standard InChI is InChI=1S/C18H21BO/c1-10-8-14(19)11(2)17-16(10)13-7-6-12(18(3,4)5)9-15(13)20-17/h6-7,9-10H,8H2,1-5H3. The van der Waals surface area contributed by atoms with Gasteiger partial charge in [0.15, 0.2) is 0 Å². The Kier molecular flexibility index (Phi) is 2.90. The molecule has 1 heterocycles. The van der Waals surface area contributed by atoms with Crippen LogP contribution in [0.4, 0.5) is 0 Å². The van der Waals surface area contributed by atoms with Gasteiger partial charge >= 0.3 is 0 Å². The molecule has 1 unspecified atom stereocenters. The first-order valence-corrected chi connectivity index (χ1v) is 7.31. The molecule has 0 saturated heterocycles. The third kappa shape index (κ3) is 1.93. The van der Waals surface area contributed by atoms with Crippen LogP contribution < -0.4 is 0 Å². The number of benzene rings is 1. The molecular weight excluding hydrogens is 243 g/mol. The topological polar surface area (TPSA) is 13.1 Å². The maximum Gasteiger partial charge on any atom is 0.135 e. The van der Waals surface area contributed by atoms with E-state index in [4.69, 9.17) is 12.3 Å². The quantitative estimate of drug-likeness (QED) is 0.600. The van der Waals surface area contributed by atoms with Gasteiger partial charge in [0.1, 0.15) is 19.2 Å². The lowest BCUT2D eigenvalue weighted by atomic mass is 9.75. The van der Waals surface area contributed by atoms with Crippen LogP contribution >= 0.6 is 0 Å². The Labute approximate surface area is 122 Å². The van der Waals surface area contributed by atoms with E-state index in [1.807, 2.05) is 0 Å². The summed E-state index contributed by atoms with van der Waals surface area (Å²) in [6.45, 7) is 11.0. The van der Waals surface area contributed by atoms with Crippen molar-refractivity contribution in [2.45, 2.75) is 52.4 Å². The van der Waals surface area contributed by atoms with Gasteiger partial charge in [-0.15, -0.1) is 5.47 Å². The smallest absolute Gasteiger partial charge is 0.135 e. The summed E-state index contributed by atoms with van der Waals surface area (Å²) in [5, 5.41) is 1.24. The van der Waals surface area contributed by atoms with E-state index in [1.54, 1.807) is 0 Å². The lowest BCUT2D eigenvalue weighted by Crippen LogP contribution is -2.10. The summed E-state index contributed by atoms with van der Waals surface area (Å²) < 4.78 is 6.14. The molecule has 1 atom stereocenters. The van der Waals surface area contributed by atoms with Gasteiger partial charge in [-0.1, -0.05) is 39.8 Å². The molecule has 1 aliphatic carbocycles. The van der Waals surface area contributed by atoms with Crippen LogP contribution in [0.5, 0.6) is 0 Å². The molecule has 0 bridgehead atoms. The summed E-state index contributed by atoms with van der Waals surface area (Å²) in [4.78, 5) is 0. The van der Waals surface area contributed by atoms with E-state index in [-0.39, 0.29) is 5.41 Å². The second-order valence-corrected chi connectivity index (χ2v) is 7.06. The fourth-order valence-corrected chi connectivity index (χ4v) is 3.08. The highest BCUT2D eigenvalue weighted by Crippen LogP contribution is 2.43. The van der Waals surface area contributed by atoms with Crippen LogP contribution in [0.15, 0.2) is 28.1 Å². The van der Waals surface area contributed by atoms with Gasteiger partial charge in [0, 0.05) is 10.9 Å². The number of fused-ring (bicyclic) bond motifs is 3. The number of hydrogen-bond donors (Lipinski definition) is 0. The van der Waals surface area contributed by atoms with Crippen LogP contribution in [0.25, 0.3) is 16.5 Å². The monoisotopic (exact) mass is 264 g/mol. The fraction of sp³-hybridized carbons (Fsp3) is 0.444. The van der Waals surface area contributed by atoms with Crippen molar-refractivity contribution in [3.8, 4) is 0 Å². The first-order valence-electron chi connectivity index (χ1n) is 7.31. The summed E-state index contributed by atoms with van der Waals surface area (Å²) in [7, 11) is 6.12. The van der Waals surface area contributed by atoms with E-state index in [2.05, 4.69) is 52.8 Å². The molecule has 1 aliphatic rings. The highest BCUT2D eigenvalue weighted by atomic mass is 16.3. The Hall–Kier alpha value is -1.44. The Morgan fingerprint density at radius 2 is 1.95 bits per heavy atom. The predicted molar refractivity (Wildman–Crippen MR) is 86.3 cm³/mol. The van der Waals surface area contributed by atoms with Gasteiger partial charge in [0.25, 0.3) is 0 Å². The van der Waals surface area contributed by atoms with Crippen LogP contribution in [-0.2, 0) is 5.41 Å². The van der Waals surface area contributed by atoms with Gasteiger partial charge in [-0.2, -0.15) is 0 Å². The third-order valence-electron chi connectivity index (χ3n) is 4.44. The van der Waals surface area contributed by atoms with Crippen molar-refractivity contribution < 1.29 is 4.42 Å². The normalized spacial score (nSPS) is 19.6. The molecule has 0 N–H and O–H groups in total. The van der Waals surface area contributed by atoms with E-state index in [0.717, 1.165) is 28.8 Å². The summed E-state index contributed by atoms with van der Waals surface area (Å²) in [5.41, 5.74) is 5.82. The van der Waals surface area contributed by atoms with Crippen molar-refractivity contribution in [1.29, 1.82) is 0 Å². The van der Waals surface area contributed by atoms with Gasteiger partial charge in [0.05, 0.1) is 0 Å². The molecule has 2 radical (unpaired) electrons. The van der Waals surface area contributed by atoms with E-state index in [9.17, 15) is 0 Å². The lowest BCUT2D eigenvalue weighted by Gasteiger charge is -2.21. The predicted octanol–water partition coefficient (Wildman–Crippen LogP) is 5.14. The molecule has 1 aromatic heterocycles. The molecule has 1 aromatic carbocycles. The summed E-state index contributed by atoms with van der Waals surface area (Å²) in [5.74, 6) is 1.41. The zero-order valence-corrected chi connectivity index (χ0v) is 13.0. The minimum atomic E-state index is 0.136. The summed E-state index contributed by atoms with van der Waals surface area (Å²) in [6, 6.07) is 6.62. The molecule has 2 aromatic rings. The van der Waals surface area contributed by atoms with Crippen molar-refractivity contribution >= 4 is 24.4 Å². The number of allylic oxidation sites excluding steroid dienone is 2. The number of hydrogen-bond acceptors (Lipinski definition) is 1. The average molecular weight is 264 g/mol. The average Bonchev–Trinajstić information content (AvgIpc) is 2.73. The molecule has 0 saturated carbocycles. The van der Waals surface area contributed by atoms with Gasteiger partial charge < -0.3 is 4.42 Å². The van der Waals surface area contributed by atoms with Crippen LogP contribution in [0.1, 0.15) is 63.8 Å². The van der Waals surface area contributed by atoms with E-state index in [1.165, 1.54) is 16.5 Å². The van der Waals surface area contributed by atoms with Crippen molar-refractivity contribution in [3.05, 3.63) is 40.6 Å². The molecule has 0 fully saturated rings. The summed E-state index contributed by atoms with van der Waals surface area (Å²) >= 11 is 0. The van der Waals surface area contributed by atoms with Gasteiger partial charge in [-0.3, -0.25) is 0 Å². The van der Waals surface area contributed by atoms with Gasteiger partial charge in [-0.25, -0.2) is 0 Å². The van der Waals surface area contributed by atoms with Crippen LogP contribution in [0, 0.1) is 0 Å². The maximum absolute atomic E-state index is 6.14. The van der Waals surface area contributed by atoms with Gasteiger partial charge in [0.2, 0.25) is 0 Å². The second-order valence-electron chi connectivity index (χ2n) is 7.06. The first-order chi connectivity index (χ1) is 9.29. The molecule has 3 rings (SSSR count). The summed E-state index contributed by atoms with van der Waals surface area (Å²) in [6.07, 6.45) is 0.925. The van der Waals surface area contributed by atoms with Gasteiger partial charge in [-0.05, 0) is 41.9 Å². The fourth-order valence-electron chi connectivity index (χ4n) is 3.08. The van der Waals surface area contributed by atoms with Crippen molar-refractivity contribution in [2.24, 2.45) is 0 Å².